The molecular formula is C11H16N2O2S. The molecule has 0 aromatic carbocycles. The van der Waals surface area contributed by atoms with E-state index in [4.69, 9.17) is 4.74 Å². The number of carbonyl (C=O) groups excluding carboxylic acids is 1. The average molecular weight is 240 g/mol. The van der Waals surface area contributed by atoms with Crippen LogP contribution in [-0.2, 0) is 11.2 Å². The van der Waals surface area contributed by atoms with Crippen LogP contribution in [0.3, 0.4) is 0 Å². The lowest BCUT2D eigenvalue weighted by Gasteiger charge is -2.07. The Morgan fingerprint density at radius 1 is 1.62 bits per heavy atom. The summed E-state index contributed by atoms with van der Waals surface area (Å²) >= 11 is 1.21. The molecule has 0 N–H and O–H groups in total. The van der Waals surface area contributed by atoms with E-state index >= 15 is 0 Å². The number of aromatic nitrogens is 2. The standard InChI is InChI=1S/C11H16N2O2S/c1-2-9-11(16-13-12-9)10(14)6-5-8-4-3-7-15-8/h8H,2-7H2,1H3. The van der Waals surface area contributed by atoms with Crippen LogP contribution in [0.4, 0.5) is 0 Å². The monoisotopic (exact) mass is 240 g/mol. The van der Waals surface area contributed by atoms with Crippen molar-refractivity contribution in [1.82, 2.24) is 9.59 Å². The van der Waals surface area contributed by atoms with Gasteiger partial charge in [-0.3, -0.25) is 4.79 Å². The van der Waals surface area contributed by atoms with Crippen molar-refractivity contribution in [2.24, 2.45) is 0 Å². The Balaban J connectivity index is 1.87. The predicted octanol–water partition coefficient (Wildman–Crippen LogP) is 2.24. The van der Waals surface area contributed by atoms with E-state index in [-0.39, 0.29) is 11.9 Å². The smallest absolute Gasteiger partial charge is 0.176 e. The second kappa shape index (κ2) is 5.50. The fourth-order valence-electron chi connectivity index (χ4n) is 1.93. The highest BCUT2D eigenvalue weighted by Crippen LogP contribution is 2.20. The molecule has 0 amide bonds. The molecule has 0 saturated carbocycles. The molecule has 0 radical (unpaired) electrons. The van der Waals surface area contributed by atoms with Crippen LogP contribution in [0.25, 0.3) is 0 Å². The number of ketones is 1. The molecule has 4 nitrogen and oxygen atoms in total. The zero-order chi connectivity index (χ0) is 11.4. The van der Waals surface area contributed by atoms with Crippen molar-refractivity contribution >= 4 is 17.3 Å². The molecule has 1 atom stereocenters. The Bertz CT molecular complexity index is 359. The number of hydrogen-bond acceptors (Lipinski definition) is 5. The van der Waals surface area contributed by atoms with E-state index < -0.39 is 0 Å². The molecule has 0 spiro atoms. The van der Waals surface area contributed by atoms with Gasteiger partial charge in [-0.05, 0) is 37.2 Å². The Morgan fingerprint density at radius 3 is 3.19 bits per heavy atom. The van der Waals surface area contributed by atoms with Crippen LogP contribution in [0.2, 0.25) is 0 Å². The van der Waals surface area contributed by atoms with Crippen LogP contribution in [0.15, 0.2) is 0 Å². The van der Waals surface area contributed by atoms with Crippen LogP contribution in [0, 0.1) is 0 Å². The minimum atomic E-state index is 0.169. The first-order valence-corrected chi connectivity index (χ1v) is 6.54. The molecule has 1 aliphatic heterocycles. The molecule has 2 heterocycles. The van der Waals surface area contributed by atoms with Gasteiger partial charge in [-0.1, -0.05) is 11.4 Å². The summed E-state index contributed by atoms with van der Waals surface area (Å²) in [6.45, 7) is 2.84. The Hall–Kier alpha value is -0.810. The van der Waals surface area contributed by atoms with Crippen molar-refractivity contribution in [2.75, 3.05) is 6.61 Å². The zero-order valence-corrected chi connectivity index (χ0v) is 10.3. The van der Waals surface area contributed by atoms with Crippen LogP contribution >= 0.6 is 11.5 Å². The Labute approximate surface area is 99.2 Å². The van der Waals surface area contributed by atoms with E-state index in [1.807, 2.05) is 6.92 Å². The molecular weight excluding hydrogens is 224 g/mol. The second-order valence-corrected chi connectivity index (χ2v) is 4.75. The predicted molar refractivity (Wildman–Crippen MR) is 61.8 cm³/mol. The zero-order valence-electron chi connectivity index (χ0n) is 9.44. The summed E-state index contributed by atoms with van der Waals surface area (Å²) in [5, 5.41) is 3.95. The fourth-order valence-corrected chi connectivity index (χ4v) is 2.64. The number of hydrogen-bond donors (Lipinski definition) is 0. The van der Waals surface area contributed by atoms with E-state index in [2.05, 4.69) is 9.59 Å². The van der Waals surface area contributed by atoms with Crippen molar-refractivity contribution in [1.29, 1.82) is 0 Å². The lowest BCUT2D eigenvalue weighted by Crippen LogP contribution is -2.09. The number of rotatable bonds is 5. The first-order chi connectivity index (χ1) is 7.81. The molecule has 1 unspecified atom stereocenters. The Morgan fingerprint density at radius 2 is 2.50 bits per heavy atom. The van der Waals surface area contributed by atoms with Crippen LogP contribution in [-0.4, -0.2) is 28.1 Å². The van der Waals surface area contributed by atoms with Gasteiger partial charge in [0.15, 0.2) is 5.78 Å². The lowest BCUT2D eigenvalue weighted by molar-refractivity contribution is 0.0861. The van der Waals surface area contributed by atoms with E-state index in [9.17, 15) is 4.79 Å². The molecule has 88 valence electrons. The maximum Gasteiger partial charge on any atom is 0.176 e. The third-order valence-corrected chi connectivity index (χ3v) is 3.67. The number of Topliss-reactive ketones (excluding diaryl/α,β-unsaturated/α-hetero) is 1. The highest BCUT2D eigenvalue weighted by molar-refractivity contribution is 7.08. The number of aryl methyl sites for hydroxylation is 1. The van der Waals surface area contributed by atoms with Gasteiger partial charge in [0.05, 0.1) is 11.8 Å². The van der Waals surface area contributed by atoms with Crippen molar-refractivity contribution in [3.63, 3.8) is 0 Å². The molecule has 1 saturated heterocycles. The summed E-state index contributed by atoms with van der Waals surface area (Å²) in [5.74, 6) is 0.169. The van der Waals surface area contributed by atoms with Gasteiger partial charge in [-0.25, -0.2) is 0 Å². The first kappa shape index (κ1) is 11.7. The molecule has 0 aliphatic carbocycles. The van der Waals surface area contributed by atoms with E-state index in [1.54, 1.807) is 0 Å². The van der Waals surface area contributed by atoms with Gasteiger partial charge in [0.25, 0.3) is 0 Å². The summed E-state index contributed by atoms with van der Waals surface area (Å²) in [5.41, 5.74) is 0.836. The van der Waals surface area contributed by atoms with Crippen molar-refractivity contribution in [3.8, 4) is 0 Å². The summed E-state index contributed by atoms with van der Waals surface area (Å²) < 4.78 is 9.33. The second-order valence-electron chi connectivity index (χ2n) is 4.00. The van der Waals surface area contributed by atoms with Gasteiger partial charge in [0, 0.05) is 13.0 Å². The van der Waals surface area contributed by atoms with Gasteiger partial charge in [-0.2, -0.15) is 0 Å². The number of carbonyl (C=O) groups is 1. The molecule has 1 aliphatic rings. The number of nitrogens with zero attached hydrogens (tertiary/aromatic N) is 2. The summed E-state index contributed by atoms with van der Waals surface area (Å²) in [6, 6.07) is 0. The molecule has 16 heavy (non-hydrogen) atoms. The third-order valence-electron chi connectivity index (χ3n) is 2.86. The number of ether oxygens (including phenoxy) is 1. The largest absolute Gasteiger partial charge is 0.378 e. The van der Waals surface area contributed by atoms with Crippen molar-refractivity contribution < 1.29 is 9.53 Å². The first-order valence-electron chi connectivity index (χ1n) is 5.77. The van der Waals surface area contributed by atoms with Crippen molar-refractivity contribution in [3.05, 3.63) is 10.6 Å². The third kappa shape index (κ3) is 2.65. The lowest BCUT2D eigenvalue weighted by atomic mass is 10.1. The topological polar surface area (TPSA) is 52.1 Å². The highest BCUT2D eigenvalue weighted by Gasteiger charge is 2.19. The van der Waals surface area contributed by atoms with Gasteiger partial charge in [0.1, 0.15) is 4.88 Å². The van der Waals surface area contributed by atoms with Gasteiger partial charge >= 0.3 is 0 Å². The van der Waals surface area contributed by atoms with Crippen molar-refractivity contribution in [2.45, 2.75) is 45.1 Å². The van der Waals surface area contributed by atoms with E-state index in [1.165, 1.54) is 11.5 Å². The summed E-state index contributed by atoms with van der Waals surface area (Å²) in [4.78, 5) is 12.7. The Kier molecular flexibility index (Phi) is 4.01. The molecule has 5 heteroatoms. The molecule has 2 rings (SSSR count). The minimum Gasteiger partial charge on any atom is -0.378 e. The molecule has 1 aromatic rings. The van der Waals surface area contributed by atoms with Crippen LogP contribution in [0.1, 0.15) is 48.0 Å². The van der Waals surface area contributed by atoms with Gasteiger partial charge < -0.3 is 4.74 Å². The molecule has 0 bridgehead atoms. The van der Waals surface area contributed by atoms with E-state index in [0.29, 0.717) is 6.42 Å². The average Bonchev–Trinajstić information content (AvgIpc) is 2.96. The van der Waals surface area contributed by atoms with Gasteiger partial charge in [0.2, 0.25) is 0 Å². The van der Waals surface area contributed by atoms with Crippen LogP contribution in [0.5, 0.6) is 0 Å². The summed E-state index contributed by atoms with van der Waals surface area (Å²) in [6.07, 6.45) is 4.67. The normalized spacial score (nSPS) is 20.2. The maximum atomic E-state index is 11.9. The van der Waals surface area contributed by atoms with Gasteiger partial charge in [-0.15, -0.1) is 5.10 Å². The fraction of sp³-hybridized carbons (Fsp3) is 0.727. The molecule has 1 aromatic heterocycles. The minimum absolute atomic E-state index is 0.169. The maximum absolute atomic E-state index is 11.9. The molecule has 1 fully saturated rings. The quantitative estimate of drug-likeness (QED) is 0.741. The highest BCUT2D eigenvalue weighted by atomic mass is 32.1. The summed E-state index contributed by atoms with van der Waals surface area (Å²) in [7, 11) is 0. The SMILES string of the molecule is CCc1nnsc1C(=O)CCC1CCCO1. The van der Waals surface area contributed by atoms with Crippen LogP contribution < -0.4 is 0 Å². The van der Waals surface area contributed by atoms with E-state index in [0.717, 1.165) is 42.9 Å².